The fourth-order valence-electron chi connectivity index (χ4n) is 1.33. The van der Waals surface area contributed by atoms with E-state index in [-0.39, 0.29) is 5.69 Å². The minimum atomic E-state index is -4.61. The van der Waals surface area contributed by atoms with Crippen LogP contribution in [-0.2, 0) is 6.18 Å². The molecule has 94 valence electrons. The van der Waals surface area contributed by atoms with Gasteiger partial charge in [0.2, 0.25) is 5.76 Å². The molecule has 0 aromatic carbocycles. The second kappa shape index (κ2) is 4.13. The van der Waals surface area contributed by atoms with Gasteiger partial charge >= 0.3 is 12.1 Å². The Hall–Kier alpha value is -2.38. The number of alkyl halides is 3. The van der Waals surface area contributed by atoms with Crippen molar-refractivity contribution in [3.8, 4) is 11.4 Å². The molecule has 2 aromatic heterocycles. The first kappa shape index (κ1) is 12.1. The SMILES string of the molecule is O=C(O)c1cc(-c2ncccc2C(F)(F)F)no1. The Bertz CT molecular complexity index is 592. The lowest BCUT2D eigenvalue weighted by molar-refractivity contribution is -0.137. The van der Waals surface area contributed by atoms with Crippen molar-refractivity contribution in [1.82, 2.24) is 10.1 Å². The molecule has 0 amide bonds. The Morgan fingerprint density at radius 3 is 2.67 bits per heavy atom. The van der Waals surface area contributed by atoms with Gasteiger partial charge in [-0.3, -0.25) is 4.98 Å². The quantitative estimate of drug-likeness (QED) is 0.895. The van der Waals surface area contributed by atoms with Crippen molar-refractivity contribution >= 4 is 5.97 Å². The van der Waals surface area contributed by atoms with E-state index in [4.69, 9.17) is 5.11 Å². The normalized spacial score (nSPS) is 11.5. The number of pyridine rings is 1. The van der Waals surface area contributed by atoms with E-state index in [1.54, 1.807) is 0 Å². The summed E-state index contributed by atoms with van der Waals surface area (Å²) < 4.78 is 42.4. The maximum atomic E-state index is 12.7. The van der Waals surface area contributed by atoms with Crippen molar-refractivity contribution in [2.24, 2.45) is 0 Å². The highest BCUT2D eigenvalue weighted by Gasteiger charge is 2.35. The molecule has 2 aromatic rings. The molecule has 0 bridgehead atoms. The van der Waals surface area contributed by atoms with Crippen molar-refractivity contribution in [2.45, 2.75) is 6.18 Å². The second-order valence-corrected chi connectivity index (χ2v) is 3.28. The third-order valence-electron chi connectivity index (χ3n) is 2.08. The maximum absolute atomic E-state index is 12.7. The number of carboxylic acid groups (broad SMARTS) is 1. The van der Waals surface area contributed by atoms with E-state index in [0.717, 1.165) is 24.4 Å². The Kier molecular flexibility index (Phi) is 2.77. The third kappa shape index (κ3) is 2.17. The molecule has 8 heteroatoms. The zero-order chi connectivity index (χ0) is 13.3. The minimum absolute atomic E-state index is 0.277. The number of aromatic carboxylic acids is 1. The van der Waals surface area contributed by atoms with Crippen LogP contribution in [0.4, 0.5) is 13.2 Å². The van der Waals surface area contributed by atoms with Gasteiger partial charge in [-0.1, -0.05) is 5.16 Å². The van der Waals surface area contributed by atoms with Gasteiger partial charge in [-0.15, -0.1) is 0 Å². The van der Waals surface area contributed by atoms with Crippen molar-refractivity contribution in [3.05, 3.63) is 35.7 Å². The van der Waals surface area contributed by atoms with Gasteiger partial charge in [0.25, 0.3) is 0 Å². The average molecular weight is 258 g/mol. The number of nitrogens with zero attached hydrogens (tertiary/aromatic N) is 2. The molecule has 0 saturated heterocycles. The van der Waals surface area contributed by atoms with E-state index in [2.05, 4.69) is 14.7 Å². The summed E-state index contributed by atoms with van der Waals surface area (Å²) >= 11 is 0. The molecule has 0 radical (unpaired) electrons. The zero-order valence-corrected chi connectivity index (χ0v) is 8.60. The van der Waals surface area contributed by atoms with E-state index in [9.17, 15) is 18.0 Å². The monoisotopic (exact) mass is 258 g/mol. The molecule has 0 aliphatic rings. The van der Waals surface area contributed by atoms with Gasteiger partial charge in [-0.2, -0.15) is 13.2 Å². The lowest BCUT2D eigenvalue weighted by atomic mass is 10.1. The van der Waals surface area contributed by atoms with Crippen molar-refractivity contribution in [1.29, 1.82) is 0 Å². The number of aromatic nitrogens is 2. The first-order valence-electron chi connectivity index (χ1n) is 4.62. The van der Waals surface area contributed by atoms with E-state index < -0.39 is 29.2 Å². The summed E-state index contributed by atoms with van der Waals surface area (Å²) in [6, 6.07) is 2.85. The molecule has 2 rings (SSSR count). The molecule has 18 heavy (non-hydrogen) atoms. The molecule has 5 nitrogen and oxygen atoms in total. The van der Waals surface area contributed by atoms with Crippen LogP contribution < -0.4 is 0 Å². The van der Waals surface area contributed by atoms with Gasteiger partial charge in [0.05, 0.1) is 5.56 Å². The van der Waals surface area contributed by atoms with Crippen LogP contribution in [0.2, 0.25) is 0 Å². The maximum Gasteiger partial charge on any atom is 0.418 e. The summed E-state index contributed by atoms with van der Waals surface area (Å²) in [7, 11) is 0. The van der Waals surface area contributed by atoms with Gasteiger partial charge in [-0.25, -0.2) is 4.79 Å². The Morgan fingerprint density at radius 2 is 2.11 bits per heavy atom. The van der Waals surface area contributed by atoms with Gasteiger partial charge < -0.3 is 9.63 Å². The van der Waals surface area contributed by atoms with E-state index in [1.165, 1.54) is 0 Å². The highest BCUT2D eigenvalue weighted by atomic mass is 19.4. The molecule has 2 heterocycles. The van der Waals surface area contributed by atoms with Crippen LogP contribution in [0.3, 0.4) is 0 Å². The van der Waals surface area contributed by atoms with Crippen LogP contribution in [0.5, 0.6) is 0 Å². The summed E-state index contributed by atoms with van der Waals surface area (Å²) in [5, 5.41) is 11.9. The molecule has 0 spiro atoms. The first-order valence-corrected chi connectivity index (χ1v) is 4.62. The first-order chi connectivity index (χ1) is 8.39. The number of hydrogen-bond donors (Lipinski definition) is 1. The standard InChI is InChI=1S/C10H5F3N2O3/c11-10(12,13)5-2-1-3-14-8(5)6-4-7(9(16)17)18-15-6/h1-4H,(H,16,17). The van der Waals surface area contributed by atoms with E-state index in [1.807, 2.05) is 0 Å². The van der Waals surface area contributed by atoms with Gasteiger partial charge in [0.15, 0.2) is 0 Å². The summed E-state index contributed by atoms with van der Waals surface area (Å²) in [6.45, 7) is 0. The van der Waals surface area contributed by atoms with Gasteiger partial charge in [0.1, 0.15) is 11.4 Å². The number of carbonyl (C=O) groups is 1. The lowest BCUT2D eigenvalue weighted by Gasteiger charge is -2.08. The van der Waals surface area contributed by atoms with Gasteiger partial charge in [-0.05, 0) is 12.1 Å². The van der Waals surface area contributed by atoms with Crippen LogP contribution in [0.15, 0.2) is 28.9 Å². The predicted molar refractivity (Wildman–Crippen MR) is 51.7 cm³/mol. The van der Waals surface area contributed by atoms with Crippen molar-refractivity contribution in [3.63, 3.8) is 0 Å². The van der Waals surface area contributed by atoms with Crippen LogP contribution in [0.1, 0.15) is 16.1 Å². The fraction of sp³-hybridized carbons (Fsp3) is 0.100. The molecule has 1 N–H and O–H groups in total. The molecule has 0 fully saturated rings. The number of carboxylic acids is 1. The molecular formula is C10H5F3N2O3. The van der Waals surface area contributed by atoms with E-state index in [0.29, 0.717) is 0 Å². The highest BCUT2D eigenvalue weighted by Crippen LogP contribution is 2.35. The number of hydrogen-bond acceptors (Lipinski definition) is 4. The third-order valence-corrected chi connectivity index (χ3v) is 2.08. The lowest BCUT2D eigenvalue weighted by Crippen LogP contribution is -2.08. The fourth-order valence-corrected chi connectivity index (χ4v) is 1.33. The minimum Gasteiger partial charge on any atom is -0.475 e. The predicted octanol–water partition coefficient (Wildman–Crippen LogP) is 2.45. The molecule has 0 aliphatic carbocycles. The summed E-state index contributed by atoms with van der Waals surface area (Å²) in [5.41, 5.74) is -1.75. The Labute approximate surface area is 97.9 Å². The number of rotatable bonds is 2. The largest absolute Gasteiger partial charge is 0.475 e. The summed E-state index contributed by atoms with van der Waals surface area (Å²) in [5.74, 6) is -1.97. The van der Waals surface area contributed by atoms with Crippen LogP contribution in [0, 0.1) is 0 Å². The molecule has 0 unspecified atom stereocenters. The van der Waals surface area contributed by atoms with Gasteiger partial charge in [0, 0.05) is 12.3 Å². The van der Waals surface area contributed by atoms with Crippen molar-refractivity contribution in [2.75, 3.05) is 0 Å². The Balaban J connectivity index is 2.53. The van der Waals surface area contributed by atoms with Crippen LogP contribution in [0.25, 0.3) is 11.4 Å². The summed E-state index contributed by atoms with van der Waals surface area (Å²) in [4.78, 5) is 14.1. The highest BCUT2D eigenvalue weighted by molar-refractivity contribution is 5.85. The van der Waals surface area contributed by atoms with Crippen molar-refractivity contribution < 1.29 is 27.6 Å². The smallest absolute Gasteiger partial charge is 0.418 e. The number of halogens is 3. The molecule has 0 saturated carbocycles. The van der Waals surface area contributed by atoms with E-state index >= 15 is 0 Å². The van der Waals surface area contributed by atoms with Crippen LogP contribution in [-0.4, -0.2) is 21.2 Å². The van der Waals surface area contributed by atoms with Crippen LogP contribution >= 0.6 is 0 Å². The molecule has 0 atom stereocenters. The summed E-state index contributed by atoms with van der Waals surface area (Å²) in [6.07, 6.45) is -3.45. The Morgan fingerprint density at radius 1 is 1.39 bits per heavy atom. The second-order valence-electron chi connectivity index (χ2n) is 3.28. The topological polar surface area (TPSA) is 76.2 Å². The molecule has 0 aliphatic heterocycles. The zero-order valence-electron chi connectivity index (χ0n) is 8.60. The molecular weight excluding hydrogens is 253 g/mol. The average Bonchev–Trinajstić information content (AvgIpc) is 2.77.